The third-order valence-electron chi connectivity index (χ3n) is 4.01. The lowest BCUT2D eigenvalue weighted by Gasteiger charge is -2.31. The Morgan fingerprint density at radius 2 is 2.10 bits per heavy atom. The molecule has 1 aromatic rings. The number of methoxy groups -OCH3 is 1. The maximum Gasteiger partial charge on any atom is 0.242 e. The van der Waals surface area contributed by atoms with Gasteiger partial charge in [0.2, 0.25) is 5.91 Å². The van der Waals surface area contributed by atoms with Crippen LogP contribution in [0.4, 0.5) is 0 Å². The molecular weight excluding hydrogens is 288 g/mol. The van der Waals surface area contributed by atoms with Crippen molar-refractivity contribution in [3.63, 3.8) is 0 Å². The Morgan fingerprint density at radius 3 is 2.71 bits per heavy atom. The van der Waals surface area contributed by atoms with Crippen LogP contribution in [0.3, 0.4) is 0 Å². The summed E-state index contributed by atoms with van der Waals surface area (Å²) in [5.74, 6) is -0.0522. The van der Waals surface area contributed by atoms with E-state index in [0.717, 1.165) is 31.2 Å². The lowest BCUT2D eigenvalue weighted by molar-refractivity contribution is -0.136. The summed E-state index contributed by atoms with van der Waals surface area (Å²) in [5.41, 5.74) is 6.90. The maximum atomic E-state index is 12.6. The second kappa shape index (κ2) is 7.78. The maximum absolute atomic E-state index is 12.6. The molecule has 4 nitrogen and oxygen atoms in total. The average Bonchev–Trinajstić information content (AvgIpc) is 3.00. The van der Waals surface area contributed by atoms with E-state index in [4.69, 9.17) is 22.1 Å². The highest BCUT2D eigenvalue weighted by atomic mass is 35.5. The van der Waals surface area contributed by atoms with E-state index >= 15 is 0 Å². The molecule has 0 aliphatic heterocycles. The van der Waals surface area contributed by atoms with Gasteiger partial charge in [-0.1, -0.05) is 42.6 Å². The molecule has 0 radical (unpaired) electrons. The SMILES string of the molecule is COCC(N)C(=O)N(Cc1ccccc1Cl)C1CCCC1. The summed E-state index contributed by atoms with van der Waals surface area (Å²) in [7, 11) is 1.56. The number of hydrogen-bond donors (Lipinski definition) is 1. The number of carbonyl (C=O) groups excluding carboxylic acids is 1. The highest BCUT2D eigenvalue weighted by Crippen LogP contribution is 2.27. The van der Waals surface area contributed by atoms with E-state index in [0.29, 0.717) is 11.6 Å². The monoisotopic (exact) mass is 310 g/mol. The molecule has 5 heteroatoms. The summed E-state index contributed by atoms with van der Waals surface area (Å²) < 4.78 is 5.01. The molecule has 1 atom stereocenters. The Morgan fingerprint density at radius 1 is 1.43 bits per heavy atom. The lowest BCUT2D eigenvalue weighted by atomic mass is 10.1. The second-order valence-electron chi connectivity index (χ2n) is 5.56. The highest BCUT2D eigenvalue weighted by molar-refractivity contribution is 6.31. The molecule has 1 saturated carbocycles. The summed E-state index contributed by atoms with van der Waals surface area (Å²) in [6.45, 7) is 0.755. The normalized spacial score (nSPS) is 16.9. The van der Waals surface area contributed by atoms with Gasteiger partial charge in [-0.25, -0.2) is 0 Å². The van der Waals surface area contributed by atoms with Crippen molar-refractivity contribution in [1.29, 1.82) is 0 Å². The van der Waals surface area contributed by atoms with Crippen molar-refractivity contribution in [1.82, 2.24) is 4.90 Å². The van der Waals surface area contributed by atoms with Crippen molar-refractivity contribution in [3.05, 3.63) is 34.9 Å². The van der Waals surface area contributed by atoms with Gasteiger partial charge in [-0.05, 0) is 24.5 Å². The van der Waals surface area contributed by atoms with Crippen LogP contribution in [0.15, 0.2) is 24.3 Å². The van der Waals surface area contributed by atoms with Crippen molar-refractivity contribution >= 4 is 17.5 Å². The van der Waals surface area contributed by atoms with Crippen LogP contribution in [0, 0.1) is 0 Å². The summed E-state index contributed by atoms with van der Waals surface area (Å²) >= 11 is 6.23. The Labute approximate surface area is 131 Å². The molecular formula is C16H23ClN2O2. The summed E-state index contributed by atoms with van der Waals surface area (Å²) in [4.78, 5) is 14.5. The van der Waals surface area contributed by atoms with Crippen LogP contribution in [0.1, 0.15) is 31.2 Å². The molecule has 0 heterocycles. The molecule has 1 aromatic carbocycles. The van der Waals surface area contributed by atoms with E-state index < -0.39 is 6.04 Å². The van der Waals surface area contributed by atoms with E-state index in [2.05, 4.69) is 0 Å². The molecule has 1 fully saturated rings. The van der Waals surface area contributed by atoms with Crippen LogP contribution in [0.5, 0.6) is 0 Å². The summed E-state index contributed by atoms with van der Waals surface area (Å²) in [6.07, 6.45) is 4.40. The minimum atomic E-state index is -0.613. The molecule has 0 aromatic heterocycles. The fourth-order valence-electron chi connectivity index (χ4n) is 2.88. The first-order valence-corrected chi connectivity index (χ1v) is 7.79. The summed E-state index contributed by atoms with van der Waals surface area (Å²) in [6, 6.07) is 7.29. The van der Waals surface area contributed by atoms with Crippen LogP contribution in [-0.2, 0) is 16.1 Å². The third kappa shape index (κ3) is 4.19. The van der Waals surface area contributed by atoms with Gasteiger partial charge in [-0.2, -0.15) is 0 Å². The zero-order chi connectivity index (χ0) is 15.2. The molecule has 0 spiro atoms. The predicted molar refractivity (Wildman–Crippen MR) is 84.1 cm³/mol. The number of nitrogens with zero attached hydrogens (tertiary/aromatic N) is 1. The van der Waals surface area contributed by atoms with Crippen LogP contribution < -0.4 is 5.73 Å². The van der Waals surface area contributed by atoms with Gasteiger partial charge >= 0.3 is 0 Å². The number of hydrogen-bond acceptors (Lipinski definition) is 3. The van der Waals surface area contributed by atoms with Gasteiger partial charge in [0.05, 0.1) is 6.61 Å². The number of benzene rings is 1. The van der Waals surface area contributed by atoms with Crippen molar-refractivity contribution in [2.45, 2.75) is 44.3 Å². The standard InChI is InChI=1S/C16H23ClN2O2/c1-21-11-15(18)16(20)19(13-7-3-4-8-13)10-12-6-2-5-9-14(12)17/h2,5-6,9,13,15H,3-4,7-8,10-11,18H2,1H3. The first kappa shape index (κ1) is 16.3. The molecule has 2 rings (SSSR count). The fourth-order valence-corrected chi connectivity index (χ4v) is 3.07. The molecule has 2 N–H and O–H groups in total. The van der Waals surface area contributed by atoms with E-state index in [1.54, 1.807) is 7.11 Å². The van der Waals surface area contributed by atoms with Crippen LogP contribution in [0.25, 0.3) is 0 Å². The Hall–Kier alpha value is -1.10. The van der Waals surface area contributed by atoms with E-state index in [9.17, 15) is 4.79 Å². The van der Waals surface area contributed by atoms with E-state index in [-0.39, 0.29) is 18.6 Å². The zero-order valence-electron chi connectivity index (χ0n) is 12.4. The molecule has 21 heavy (non-hydrogen) atoms. The molecule has 1 amide bonds. The molecule has 116 valence electrons. The number of ether oxygens (including phenoxy) is 1. The van der Waals surface area contributed by atoms with Gasteiger partial charge in [0.25, 0.3) is 0 Å². The molecule has 1 aliphatic carbocycles. The number of amides is 1. The Balaban J connectivity index is 2.16. The second-order valence-corrected chi connectivity index (χ2v) is 5.96. The average molecular weight is 311 g/mol. The van der Waals surface area contributed by atoms with Gasteiger partial charge in [0.1, 0.15) is 6.04 Å². The first-order valence-electron chi connectivity index (χ1n) is 7.42. The molecule has 0 saturated heterocycles. The lowest BCUT2D eigenvalue weighted by Crippen LogP contribution is -2.49. The first-order chi connectivity index (χ1) is 10.1. The number of carbonyl (C=O) groups is 1. The number of rotatable bonds is 6. The van der Waals surface area contributed by atoms with Crippen molar-refractivity contribution < 1.29 is 9.53 Å². The number of nitrogens with two attached hydrogens (primary N) is 1. The topological polar surface area (TPSA) is 55.6 Å². The smallest absolute Gasteiger partial charge is 0.242 e. The number of halogens is 1. The van der Waals surface area contributed by atoms with Gasteiger partial charge in [-0.15, -0.1) is 0 Å². The van der Waals surface area contributed by atoms with Crippen molar-refractivity contribution in [3.8, 4) is 0 Å². The minimum absolute atomic E-state index is 0.0522. The minimum Gasteiger partial charge on any atom is -0.383 e. The van der Waals surface area contributed by atoms with Gasteiger partial charge in [0, 0.05) is 24.7 Å². The predicted octanol–water partition coefficient (Wildman–Crippen LogP) is 2.58. The van der Waals surface area contributed by atoms with Gasteiger partial charge in [-0.3, -0.25) is 4.79 Å². The molecule has 0 bridgehead atoms. The Bertz CT molecular complexity index is 475. The Kier molecular flexibility index (Phi) is 6.03. The molecule has 1 aliphatic rings. The van der Waals surface area contributed by atoms with E-state index in [1.165, 1.54) is 0 Å². The van der Waals surface area contributed by atoms with Crippen molar-refractivity contribution in [2.24, 2.45) is 5.73 Å². The van der Waals surface area contributed by atoms with E-state index in [1.807, 2.05) is 29.2 Å². The van der Waals surface area contributed by atoms with Gasteiger partial charge < -0.3 is 15.4 Å². The third-order valence-corrected chi connectivity index (χ3v) is 4.38. The zero-order valence-corrected chi connectivity index (χ0v) is 13.2. The van der Waals surface area contributed by atoms with Crippen LogP contribution in [-0.4, -0.2) is 36.6 Å². The largest absolute Gasteiger partial charge is 0.383 e. The van der Waals surface area contributed by atoms with Crippen molar-refractivity contribution in [2.75, 3.05) is 13.7 Å². The fraction of sp³-hybridized carbons (Fsp3) is 0.562. The highest BCUT2D eigenvalue weighted by Gasteiger charge is 2.30. The van der Waals surface area contributed by atoms with Gasteiger partial charge in [0.15, 0.2) is 0 Å². The van der Waals surface area contributed by atoms with Crippen LogP contribution in [0.2, 0.25) is 5.02 Å². The summed E-state index contributed by atoms with van der Waals surface area (Å²) in [5, 5.41) is 0.689. The molecule has 1 unspecified atom stereocenters. The quantitative estimate of drug-likeness (QED) is 0.878. The van der Waals surface area contributed by atoms with Crippen LogP contribution >= 0.6 is 11.6 Å².